The molecule has 0 fully saturated rings. The van der Waals surface area contributed by atoms with Crippen molar-refractivity contribution in [3.63, 3.8) is 0 Å². The Balaban J connectivity index is 2.96. The Morgan fingerprint density at radius 3 is 2.23 bits per heavy atom. The molecule has 1 rings (SSSR count). The first-order valence-corrected chi connectivity index (χ1v) is 4.49. The number of Topliss-reactive ketones (excluding diaryl/α,β-unsaturated/α-hetero) is 1. The minimum Gasteiger partial charge on any atom is -0.343 e. The molecule has 0 aliphatic heterocycles. The first-order chi connectivity index (χ1) is 6.14. The Morgan fingerprint density at radius 1 is 1.31 bits per heavy atom. The standard InChI is InChI=1S/C10H16O3/c1-5-6-8-7(2)9(11)10(8,12-3)13-4/h5-6H2,1-4H3. The highest BCUT2D eigenvalue weighted by Crippen LogP contribution is 2.40. The van der Waals surface area contributed by atoms with E-state index in [0.29, 0.717) is 0 Å². The van der Waals surface area contributed by atoms with Gasteiger partial charge in [0.25, 0.3) is 5.79 Å². The van der Waals surface area contributed by atoms with Crippen LogP contribution in [0.4, 0.5) is 0 Å². The van der Waals surface area contributed by atoms with Crippen molar-refractivity contribution >= 4 is 5.78 Å². The summed E-state index contributed by atoms with van der Waals surface area (Å²) in [5.41, 5.74) is 1.79. The van der Waals surface area contributed by atoms with Crippen LogP contribution in [0.25, 0.3) is 0 Å². The topological polar surface area (TPSA) is 35.5 Å². The van der Waals surface area contributed by atoms with E-state index < -0.39 is 5.79 Å². The van der Waals surface area contributed by atoms with Crippen molar-refractivity contribution in [3.8, 4) is 0 Å². The van der Waals surface area contributed by atoms with Crippen LogP contribution in [0.3, 0.4) is 0 Å². The molecule has 1 aliphatic rings. The third-order valence-electron chi connectivity index (χ3n) is 2.56. The van der Waals surface area contributed by atoms with Crippen molar-refractivity contribution in [3.05, 3.63) is 11.1 Å². The summed E-state index contributed by atoms with van der Waals surface area (Å²) in [5.74, 6) is -1.10. The summed E-state index contributed by atoms with van der Waals surface area (Å²) in [6, 6.07) is 0. The molecule has 13 heavy (non-hydrogen) atoms. The average Bonchev–Trinajstić information content (AvgIpc) is 2.18. The molecule has 0 bridgehead atoms. The summed E-state index contributed by atoms with van der Waals surface area (Å²) in [4.78, 5) is 11.5. The molecule has 0 amide bonds. The predicted molar refractivity (Wildman–Crippen MR) is 49.4 cm³/mol. The second-order valence-corrected chi connectivity index (χ2v) is 3.21. The van der Waals surface area contributed by atoms with E-state index in [9.17, 15) is 4.79 Å². The van der Waals surface area contributed by atoms with Gasteiger partial charge in [0, 0.05) is 25.4 Å². The van der Waals surface area contributed by atoms with E-state index in [1.165, 1.54) is 14.2 Å². The summed E-state index contributed by atoms with van der Waals surface area (Å²) in [5, 5.41) is 0. The van der Waals surface area contributed by atoms with Gasteiger partial charge in [0.15, 0.2) is 0 Å². The third kappa shape index (κ3) is 1.23. The highest BCUT2D eigenvalue weighted by Gasteiger charge is 2.52. The van der Waals surface area contributed by atoms with Crippen LogP contribution < -0.4 is 0 Å². The third-order valence-corrected chi connectivity index (χ3v) is 2.56. The van der Waals surface area contributed by atoms with Crippen LogP contribution in [0.15, 0.2) is 11.1 Å². The maximum atomic E-state index is 11.5. The molecule has 3 nitrogen and oxygen atoms in total. The Morgan fingerprint density at radius 2 is 1.85 bits per heavy atom. The van der Waals surface area contributed by atoms with Gasteiger partial charge >= 0.3 is 0 Å². The van der Waals surface area contributed by atoms with E-state index in [4.69, 9.17) is 9.47 Å². The van der Waals surface area contributed by atoms with Crippen molar-refractivity contribution in [2.75, 3.05) is 14.2 Å². The van der Waals surface area contributed by atoms with Gasteiger partial charge in [0.1, 0.15) is 0 Å². The summed E-state index contributed by atoms with van der Waals surface area (Å²) in [7, 11) is 3.01. The van der Waals surface area contributed by atoms with Crippen LogP contribution >= 0.6 is 0 Å². The second-order valence-electron chi connectivity index (χ2n) is 3.21. The quantitative estimate of drug-likeness (QED) is 0.623. The number of carbonyl (C=O) groups excluding carboxylic acids is 1. The first kappa shape index (κ1) is 10.4. The number of ether oxygens (including phenoxy) is 2. The van der Waals surface area contributed by atoms with Crippen LogP contribution in [0.1, 0.15) is 26.7 Å². The Hall–Kier alpha value is -0.670. The maximum Gasteiger partial charge on any atom is 0.256 e. The Kier molecular flexibility index (Phi) is 2.88. The molecule has 0 aromatic heterocycles. The second kappa shape index (κ2) is 3.60. The molecule has 0 aromatic carbocycles. The number of methoxy groups -OCH3 is 2. The van der Waals surface area contributed by atoms with Crippen LogP contribution in [0.5, 0.6) is 0 Å². The van der Waals surface area contributed by atoms with Gasteiger partial charge in [-0.2, -0.15) is 0 Å². The van der Waals surface area contributed by atoms with Crippen LogP contribution in [0, 0.1) is 0 Å². The number of hydrogen-bond acceptors (Lipinski definition) is 3. The summed E-state index contributed by atoms with van der Waals surface area (Å²) in [6.07, 6.45) is 1.85. The average molecular weight is 184 g/mol. The Labute approximate surface area is 78.7 Å². The largest absolute Gasteiger partial charge is 0.343 e. The smallest absolute Gasteiger partial charge is 0.256 e. The van der Waals surface area contributed by atoms with Crippen molar-refractivity contribution in [1.29, 1.82) is 0 Å². The molecule has 3 heteroatoms. The summed E-state index contributed by atoms with van der Waals surface area (Å²) in [6.45, 7) is 3.89. The minimum atomic E-state index is -1.06. The van der Waals surface area contributed by atoms with Crippen molar-refractivity contribution in [2.24, 2.45) is 0 Å². The number of carbonyl (C=O) groups is 1. The van der Waals surface area contributed by atoms with Gasteiger partial charge in [-0.3, -0.25) is 4.79 Å². The lowest BCUT2D eigenvalue weighted by Gasteiger charge is -2.40. The zero-order valence-electron chi connectivity index (χ0n) is 8.64. The van der Waals surface area contributed by atoms with Gasteiger partial charge in [-0.05, 0) is 13.3 Å². The van der Waals surface area contributed by atoms with Gasteiger partial charge in [0.05, 0.1) is 0 Å². The Bertz CT molecular complexity index is 249. The van der Waals surface area contributed by atoms with Crippen LogP contribution in [-0.2, 0) is 14.3 Å². The van der Waals surface area contributed by atoms with Gasteiger partial charge in [0.2, 0.25) is 5.78 Å². The summed E-state index contributed by atoms with van der Waals surface area (Å²) >= 11 is 0. The van der Waals surface area contributed by atoms with Crippen molar-refractivity contribution < 1.29 is 14.3 Å². The molecule has 74 valence electrons. The minimum absolute atomic E-state index is 0.0408. The molecule has 0 atom stereocenters. The zero-order chi connectivity index (χ0) is 10.1. The van der Waals surface area contributed by atoms with E-state index >= 15 is 0 Å². The fourth-order valence-corrected chi connectivity index (χ4v) is 1.82. The van der Waals surface area contributed by atoms with E-state index in [1.807, 2.05) is 6.92 Å². The molecule has 0 spiro atoms. The molecular weight excluding hydrogens is 168 g/mol. The maximum absolute atomic E-state index is 11.5. The van der Waals surface area contributed by atoms with Gasteiger partial charge in [-0.25, -0.2) is 0 Å². The SMILES string of the molecule is CCCC1=C(C)C(=O)C1(OC)OC. The molecule has 0 saturated heterocycles. The lowest BCUT2D eigenvalue weighted by Crippen LogP contribution is -2.53. The normalized spacial score (nSPS) is 20.5. The number of rotatable bonds is 4. The van der Waals surface area contributed by atoms with E-state index in [2.05, 4.69) is 6.92 Å². The first-order valence-electron chi connectivity index (χ1n) is 4.49. The number of ketones is 1. The van der Waals surface area contributed by atoms with E-state index in [0.717, 1.165) is 24.0 Å². The van der Waals surface area contributed by atoms with Gasteiger partial charge < -0.3 is 9.47 Å². The molecule has 0 aromatic rings. The summed E-state index contributed by atoms with van der Waals surface area (Å²) < 4.78 is 10.3. The van der Waals surface area contributed by atoms with E-state index in [-0.39, 0.29) is 5.78 Å². The molecule has 0 radical (unpaired) electrons. The van der Waals surface area contributed by atoms with E-state index in [1.54, 1.807) is 0 Å². The fraction of sp³-hybridized carbons (Fsp3) is 0.700. The fourth-order valence-electron chi connectivity index (χ4n) is 1.82. The highest BCUT2D eigenvalue weighted by atomic mass is 16.7. The van der Waals surface area contributed by atoms with Crippen LogP contribution in [0.2, 0.25) is 0 Å². The van der Waals surface area contributed by atoms with Crippen molar-refractivity contribution in [2.45, 2.75) is 32.5 Å². The van der Waals surface area contributed by atoms with Gasteiger partial charge in [-0.15, -0.1) is 0 Å². The molecule has 1 aliphatic carbocycles. The molecular formula is C10H16O3. The zero-order valence-corrected chi connectivity index (χ0v) is 8.64. The lowest BCUT2D eigenvalue weighted by molar-refractivity contribution is -0.196. The van der Waals surface area contributed by atoms with Crippen LogP contribution in [-0.4, -0.2) is 25.8 Å². The molecule has 0 unspecified atom stereocenters. The number of hydrogen-bond donors (Lipinski definition) is 0. The lowest BCUT2D eigenvalue weighted by atomic mass is 9.78. The molecule has 0 N–H and O–H groups in total. The predicted octanol–water partition coefficient (Wildman–Crippen LogP) is 1.67. The van der Waals surface area contributed by atoms with Gasteiger partial charge in [-0.1, -0.05) is 13.3 Å². The van der Waals surface area contributed by atoms with Crippen molar-refractivity contribution in [1.82, 2.24) is 0 Å². The highest BCUT2D eigenvalue weighted by molar-refractivity contribution is 6.10. The molecule has 0 saturated carbocycles. The monoisotopic (exact) mass is 184 g/mol. The molecule has 0 heterocycles.